The summed E-state index contributed by atoms with van der Waals surface area (Å²) in [6.45, 7) is 6.86. The zero-order valence-corrected chi connectivity index (χ0v) is 13.1. The molecule has 1 atom stereocenters. The maximum atomic E-state index is 12.0. The highest BCUT2D eigenvalue weighted by atomic mass is 16.3. The highest BCUT2D eigenvalue weighted by Gasteiger charge is 2.14. The molecule has 5 heteroatoms. The molecule has 0 aliphatic carbocycles. The molecule has 0 radical (unpaired) electrons. The largest absolute Gasteiger partial charge is 0.396 e. The van der Waals surface area contributed by atoms with Crippen molar-refractivity contribution in [1.82, 2.24) is 15.1 Å². The predicted octanol–water partition coefficient (Wildman–Crippen LogP) is 1.49. The summed E-state index contributed by atoms with van der Waals surface area (Å²) in [5.41, 5.74) is 2.97. The third-order valence-corrected chi connectivity index (χ3v) is 3.82. The lowest BCUT2D eigenvalue weighted by molar-refractivity contribution is -0.120. The number of hydrogen-bond donors (Lipinski definition) is 2. The van der Waals surface area contributed by atoms with Gasteiger partial charge in [0.25, 0.3) is 0 Å². The third kappa shape index (κ3) is 4.63. The van der Waals surface area contributed by atoms with Crippen LogP contribution >= 0.6 is 0 Å². The third-order valence-electron chi connectivity index (χ3n) is 3.82. The van der Waals surface area contributed by atoms with Gasteiger partial charge in [-0.05, 0) is 32.6 Å². The summed E-state index contributed by atoms with van der Waals surface area (Å²) in [6.07, 6.45) is 3.23. The van der Waals surface area contributed by atoms with Crippen molar-refractivity contribution in [3.05, 3.63) is 17.0 Å². The highest BCUT2D eigenvalue weighted by molar-refractivity contribution is 5.79. The Kier molecular flexibility index (Phi) is 6.71. The highest BCUT2D eigenvalue weighted by Crippen LogP contribution is 2.13. The Labute approximate surface area is 121 Å². The van der Waals surface area contributed by atoms with Crippen molar-refractivity contribution in [2.75, 3.05) is 13.2 Å². The van der Waals surface area contributed by atoms with Gasteiger partial charge in [0.1, 0.15) is 0 Å². The summed E-state index contributed by atoms with van der Waals surface area (Å²) in [5.74, 6) is 0.397. The van der Waals surface area contributed by atoms with Crippen LogP contribution in [0.3, 0.4) is 0 Å². The standard InChI is InChI=1S/C15H27N3O2/c1-5-6-13(7-8-19)10-16-15(20)9-14-11(2)17-18(4)12(14)3/h13,19H,5-10H2,1-4H3,(H,16,20). The minimum absolute atomic E-state index is 0.0308. The molecule has 1 aromatic rings. The molecule has 0 bridgehead atoms. The molecule has 1 aromatic heterocycles. The lowest BCUT2D eigenvalue weighted by Gasteiger charge is -2.15. The first-order valence-electron chi connectivity index (χ1n) is 7.36. The second-order valence-corrected chi connectivity index (χ2v) is 5.42. The van der Waals surface area contributed by atoms with Crippen molar-refractivity contribution in [3.63, 3.8) is 0 Å². The fourth-order valence-electron chi connectivity index (χ4n) is 2.49. The van der Waals surface area contributed by atoms with Crippen molar-refractivity contribution in [2.45, 2.75) is 46.5 Å². The first kappa shape index (κ1) is 16.7. The van der Waals surface area contributed by atoms with Gasteiger partial charge in [0.15, 0.2) is 0 Å². The summed E-state index contributed by atoms with van der Waals surface area (Å²) in [6, 6.07) is 0. The Morgan fingerprint density at radius 3 is 2.60 bits per heavy atom. The molecule has 1 rings (SSSR count). The molecule has 114 valence electrons. The van der Waals surface area contributed by atoms with E-state index in [9.17, 15) is 4.79 Å². The van der Waals surface area contributed by atoms with Crippen LogP contribution in [0, 0.1) is 19.8 Å². The van der Waals surface area contributed by atoms with Crippen molar-refractivity contribution in [1.29, 1.82) is 0 Å². The maximum absolute atomic E-state index is 12.0. The number of nitrogens with zero attached hydrogens (tertiary/aromatic N) is 2. The van der Waals surface area contributed by atoms with Crippen LogP contribution in [-0.2, 0) is 18.3 Å². The summed E-state index contributed by atoms with van der Waals surface area (Å²) < 4.78 is 1.81. The van der Waals surface area contributed by atoms with Crippen molar-refractivity contribution in [3.8, 4) is 0 Å². The van der Waals surface area contributed by atoms with E-state index in [1.165, 1.54) is 0 Å². The Hall–Kier alpha value is -1.36. The molecule has 1 unspecified atom stereocenters. The van der Waals surface area contributed by atoms with Crippen LogP contribution in [0.25, 0.3) is 0 Å². The molecule has 20 heavy (non-hydrogen) atoms. The Bertz CT molecular complexity index is 435. The van der Waals surface area contributed by atoms with Crippen LogP contribution in [0.15, 0.2) is 0 Å². The Morgan fingerprint density at radius 1 is 1.40 bits per heavy atom. The molecule has 0 aromatic carbocycles. The smallest absolute Gasteiger partial charge is 0.224 e. The van der Waals surface area contributed by atoms with Crippen LogP contribution in [0.2, 0.25) is 0 Å². The van der Waals surface area contributed by atoms with E-state index in [0.717, 1.165) is 36.2 Å². The number of aliphatic hydroxyl groups is 1. The van der Waals surface area contributed by atoms with E-state index < -0.39 is 0 Å². The Morgan fingerprint density at radius 2 is 2.10 bits per heavy atom. The molecule has 1 heterocycles. The van der Waals surface area contributed by atoms with Gasteiger partial charge in [0.05, 0.1) is 12.1 Å². The Balaban J connectivity index is 2.50. The average molecular weight is 281 g/mol. The molecular weight excluding hydrogens is 254 g/mol. The number of rotatable bonds is 8. The van der Waals surface area contributed by atoms with Gasteiger partial charge in [-0.3, -0.25) is 9.48 Å². The first-order valence-corrected chi connectivity index (χ1v) is 7.36. The topological polar surface area (TPSA) is 67.2 Å². The fraction of sp³-hybridized carbons (Fsp3) is 0.733. The number of nitrogens with one attached hydrogen (secondary N) is 1. The number of amides is 1. The molecule has 0 spiro atoms. The van der Waals surface area contributed by atoms with Crippen molar-refractivity contribution < 1.29 is 9.90 Å². The summed E-state index contributed by atoms with van der Waals surface area (Å²) in [4.78, 5) is 12.0. The van der Waals surface area contributed by atoms with Crippen LogP contribution in [0.5, 0.6) is 0 Å². The zero-order chi connectivity index (χ0) is 15.1. The molecule has 1 amide bonds. The van der Waals surface area contributed by atoms with Gasteiger partial charge < -0.3 is 10.4 Å². The first-order chi connectivity index (χ1) is 9.49. The molecule has 0 aliphatic heterocycles. The molecule has 0 saturated carbocycles. The van der Waals surface area contributed by atoms with E-state index in [4.69, 9.17) is 5.11 Å². The van der Waals surface area contributed by atoms with Crippen molar-refractivity contribution >= 4 is 5.91 Å². The molecule has 5 nitrogen and oxygen atoms in total. The zero-order valence-electron chi connectivity index (χ0n) is 13.1. The second-order valence-electron chi connectivity index (χ2n) is 5.42. The maximum Gasteiger partial charge on any atom is 0.224 e. The molecule has 0 saturated heterocycles. The molecule has 0 aliphatic rings. The summed E-state index contributed by atoms with van der Waals surface area (Å²) >= 11 is 0. The van der Waals surface area contributed by atoms with Crippen molar-refractivity contribution in [2.24, 2.45) is 13.0 Å². The molecular formula is C15H27N3O2. The normalized spacial score (nSPS) is 12.4. The SMILES string of the molecule is CCCC(CCO)CNC(=O)Cc1c(C)nn(C)c1C. The van der Waals surface area contributed by atoms with Gasteiger partial charge in [0.2, 0.25) is 5.91 Å². The van der Waals surface area contributed by atoms with Gasteiger partial charge in [-0.2, -0.15) is 5.10 Å². The van der Waals surface area contributed by atoms with E-state index in [-0.39, 0.29) is 12.5 Å². The van der Waals surface area contributed by atoms with Gasteiger partial charge in [0, 0.05) is 31.5 Å². The van der Waals surface area contributed by atoms with Crippen LogP contribution < -0.4 is 5.32 Å². The molecule has 2 N–H and O–H groups in total. The number of aromatic nitrogens is 2. The van der Waals surface area contributed by atoms with E-state index in [0.29, 0.717) is 18.9 Å². The van der Waals surface area contributed by atoms with Crippen LogP contribution in [0.4, 0.5) is 0 Å². The van der Waals surface area contributed by atoms with Gasteiger partial charge in [-0.15, -0.1) is 0 Å². The minimum Gasteiger partial charge on any atom is -0.396 e. The number of carbonyl (C=O) groups is 1. The predicted molar refractivity (Wildman–Crippen MR) is 79.5 cm³/mol. The number of hydrogen-bond acceptors (Lipinski definition) is 3. The average Bonchev–Trinajstić information content (AvgIpc) is 2.63. The van der Waals surface area contributed by atoms with Crippen LogP contribution in [-0.4, -0.2) is 33.9 Å². The lowest BCUT2D eigenvalue weighted by atomic mass is 10.00. The number of aliphatic hydroxyl groups excluding tert-OH is 1. The van der Waals surface area contributed by atoms with Gasteiger partial charge in [-0.25, -0.2) is 0 Å². The lowest BCUT2D eigenvalue weighted by Crippen LogP contribution is -2.31. The number of aryl methyl sites for hydroxylation is 2. The minimum atomic E-state index is 0.0308. The van der Waals surface area contributed by atoms with E-state index in [1.807, 2.05) is 25.6 Å². The van der Waals surface area contributed by atoms with E-state index in [2.05, 4.69) is 17.3 Å². The quantitative estimate of drug-likeness (QED) is 0.758. The fourth-order valence-corrected chi connectivity index (χ4v) is 2.49. The number of carbonyl (C=O) groups excluding carboxylic acids is 1. The molecule has 0 fully saturated rings. The second kappa shape index (κ2) is 8.04. The summed E-state index contributed by atoms with van der Waals surface area (Å²) in [7, 11) is 1.89. The van der Waals surface area contributed by atoms with Gasteiger partial charge >= 0.3 is 0 Å². The summed E-state index contributed by atoms with van der Waals surface area (Å²) in [5, 5.41) is 16.3. The van der Waals surface area contributed by atoms with Gasteiger partial charge in [-0.1, -0.05) is 13.3 Å². The van der Waals surface area contributed by atoms with Crippen LogP contribution in [0.1, 0.15) is 43.1 Å². The monoisotopic (exact) mass is 281 g/mol. The van der Waals surface area contributed by atoms with E-state index >= 15 is 0 Å². The van der Waals surface area contributed by atoms with E-state index in [1.54, 1.807) is 0 Å².